The van der Waals surface area contributed by atoms with Crippen LogP contribution in [0.25, 0.3) is 0 Å². The van der Waals surface area contributed by atoms with Gasteiger partial charge in [-0.25, -0.2) is 9.97 Å². The summed E-state index contributed by atoms with van der Waals surface area (Å²) in [7, 11) is 0. The van der Waals surface area contributed by atoms with E-state index < -0.39 is 0 Å². The SMILES string of the molecule is c1cnc(N2CCC(c3ccn[nH]3)CC2)nc1. The van der Waals surface area contributed by atoms with Crippen molar-refractivity contribution in [3.05, 3.63) is 36.4 Å². The van der Waals surface area contributed by atoms with Gasteiger partial charge in [0.05, 0.1) is 0 Å². The number of anilines is 1. The summed E-state index contributed by atoms with van der Waals surface area (Å²) in [5.74, 6) is 1.44. The molecule has 1 aliphatic rings. The number of aromatic amines is 1. The first-order valence-corrected chi connectivity index (χ1v) is 5.95. The molecule has 0 unspecified atom stereocenters. The Hall–Kier alpha value is -1.91. The lowest BCUT2D eigenvalue weighted by molar-refractivity contribution is 0.490. The van der Waals surface area contributed by atoms with Gasteiger partial charge in [0.1, 0.15) is 0 Å². The van der Waals surface area contributed by atoms with Gasteiger partial charge >= 0.3 is 0 Å². The largest absolute Gasteiger partial charge is 0.341 e. The lowest BCUT2D eigenvalue weighted by Crippen LogP contribution is -2.34. The van der Waals surface area contributed by atoms with Crippen molar-refractivity contribution in [2.45, 2.75) is 18.8 Å². The van der Waals surface area contributed by atoms with Gasteiger partial charge in [-0.05, 0) is 25.0 Å². The lowest BCUT2D eigenvalue weighted by Gasteiger charge is -2.31. The summed E-state index contributed by atoms with van der Waals surface area (Å²) in [6.07, 6.45) is 7.66. The Bertz CT molecular complexity index is 445. The maximum atomic E-state index is 4.28. The molecule has 0 radical (unpaired) electrons. The first kappa shape index (κ1) is 10.3. The Balaban J connectivity index is 1.65. The number of nitrogens with one attached hydrogen (secondary N) is 1. The van der Waals surface area contributed by atoms with Crippen molar-refractivity contribution >= 4 is 5.95 Å². The molecule has 5 nitrogen and oxygen atoms in total. The Morgan fingerprint density at radius 2 is 1.88 bits per heavy atom. The van der Waals surface area contributed by atoms with E-state index in [0.717, 1.165) is 31.9 Å². The molecule has 17 heavy (non-hydrogen) atoms. The zero-order chi connectivity index (χ0) is 11.5. The van der Waals surface area contributed by atoms with Crippen molar-refractivity contribution in [1.29, 1.82) is 0 Å². The molecule has 0 amide bonds. The van der Waals surface area contributed by atoms with Gasteiger partial charge in [0.25, 0.3) is 0 Å². The Kier molecular flexibility index (Phi) is 2.73. The van der Waals surface area contributed by atoms with Crippen LogP contribution in [0.15, 0.2) is 30.7 Å². The van der Waals surface area contributed by atoms with Crippen molar-refractivity contribution < 1.29 is 0 Å². The van der Waals surface area contributed by atoms with Crippen LogP contribution in [0.3, 0.4) is 0 Å². The first-order valence-electron chi connectivity index (χ1n) is 5.95. The molecule has 3 rings (SSSR count). The Morgan fingerprint density at radius 3 is 2.53 bits per heavy atom. The summed E-state index contributed by atoms with van der Waals surface area (Å²) in [5.41, 5.74) is 1.25. The molecule has 3 heterocycles. The highest BCUT2D eigenvalue weighted by Gasteiger charge is 2.22. The second-order valence-corrected chi connectivity index (χ2v) is 4.32. The van der Waals surface area contributed by atoms with Crippen LogP contribution >= 0.6 is 0 Å². The molecule has 0 aliphatic carbocycles. The van der Waals surface area contributed by atoms with E-state index in [-0.39, 0.29) is 0 Å². The van der Waals surface area contributed by atoms with E-state index in [2.05, 4.69) is 31.1 Å². The first-order chi connectivity index (χ1) is 8.43. The molecule has 0 atom stereocenters. The van der Waals surface area contributed by atoms with Crippen molar-refractivity contribution in [1.82, 2.24) is 20.2 Å². The van der Waals surface area contributed by atoms with E-state index in [1.54, 1.807) is 12.4 Å². The van der Waals surface area contributed by atoms with E-state index in [0.29, 0.717) is 5.92 Å². The van der Waals surface area contributed by atoms with Gasteiger partial charge < -0.3 is 4.90 Å². The predicted molar refractivity (Wildman–Crippen MR) is 64.8 cm³/mol. The Morgan fingerprint density at radius 1 is 1.12 bits per heavy atom. The summed E-state index contributed by atoms with van der Waals surface area (Å²) in [6, 6.07) is 3.92. The highest BCUT2D eigenvalue weighted by Crippen LogP contribution is 2.27. The van der Waals surface area contributed by atoms with E-state index in [1.807, 2.05) is 12.3 Å². The van der Waals surface area contributed by atoms with Gasteiger partial charge in [-0.1, -0.05) is 0 Å². The fourth-order valence-corrected chi connectivity index (χ4v) is 2.34. The molecule has 1 aliphatic heterocycles. The zero-order valence-corrected chi connectivity index (χ0v) is 9.58. The zero-order valence-electron chi connectivity index (χ0n) is 9.58. The summed E-state index contributed by atoms with van der Waals surface area (Å²) >= 11 is 0. The van der Waals surface area contributed by atoms with Gasteiger partial charge in [0.15, 0.2) is 0 Å². The minimum absolute atomic E-state index is 0.595. The fourth-order valence-electron chi connectivity index (χ4n) is 2.34. The van der Waals surface area contributed by atoms with E-state index in [9.17, 15) is 0 Å². The van der Waals surface area contributed by atoms with Crippen LogP contribution in [-0.4, -0.2) is 33.3 Å². The van der Waals surface area contributed by atoms with Crippen LogP contribution in [0.1, 0.15) is 24.5 Å². The van der Waals surface area contributed by atoms with Gasteiger partial charge in [0, 0.05) is 43.3 Å². The number of piperidine rings is 1. The second kappa shape index (κ2) is 4.53. The molecule has 2 aromatic rings. The number of rotatable bonds is 2. The van der Waals surface area contributed by atoms with Crippen LogP contribution in [0.2, 0.25) is 0 Å². The molecule has 5 heteroatoms. The molecule has 0 bridgehead atoms. The quantitative estimate of drug-likeness (QED) is 0.849. The van der Waals surface area contributed by atoms with Crippen LogP contribution in [0.5, 0.6) is 0 Å². The van der Waals surface area contributed by atoms with Crippen LogP contribution in [0.4, 0.5) is 5.95 Å². The highest BCUT2D eigenvalue weighted by molar-refractivity contribution is 5.29. The maximum absolute atomic E-state index is 4.28. The van der Waals surface area contributed by atoms with Gasteiger partial charge in [-0.2, -0.15) is 5.10 Å². The van der Waals surface area contributed by atoms with Crippen molar-refractivity contribution in [3.8, 4) is 0 Å². The Labute approximate surface area is 99.9 Å². The fraction of sp³-hybridized carbons (Fsp3) is 0.417. The summed E-state index contributed by atoms with van der Waals surface area (Å²) in [4.78, 5) is 10.8. The molecular formula is C12H15N5. The normalized spacial score (nSPS) is 17.3. The summed E-state index contributed by atoms with van der Waals surface area (Å²) in [5, 5.41) is 7.07. The lowest BCUT2D eigenvalue weighted by atomic mass is 9.94. The molecule has 0 aromatic carbocycles. The molecule has 0 spiro atoms. The van der Waals surface area contributed by atoms with Gasteiger partial charge in [-0.15, -0.1) is 0 Å². The molecule has 1 fully saturated rings. The number of H-pyrrole nitrogens is 1. The van der Waals surface area contributed by atoms with E-state index in [4.69, 9.17) is 0 Å². The average molecular weight is 229 g/mol. The van der Waals surface area contributed by atoms with E-state index in [1.165, 1.54) is 5.69 Å². The minimum atomic E-state index is 0.595. The third-order valence-corrected chi connectivity index (χ3v) is 3.29. The van der Waals surface area contributed by atoms with Crippen LogP contribution < -0.4 is 4.90 Å². The maximum Gasteiger partial charge on any atom is 0.225 e. The molecular weight excluding hydrogens is 214 g/mol. The second-order valence-electron chi connectivity index (χ2n) is 4.32. The van der Waals surface area contributed by atoms with Crippen molar-refractivity contribution in [2.75, 3.05) is 18.0 Å². The topological polar surface area (TPSA) is 57.7 Å². The minimum Gasteiger partial charge on any atom is -0.341 e. The third kappa shape index (κ3) is 2.13. The van der Waals surface area contributed by atoms with Crippen molar-refractivity contribution in [2.24, 2.45) is 0 Å². The monoisotopic (exact) mass is 229 g/mol. The molecule has 1 N–H and O–H groups in total. The molecule has 88 valence electrons. The van der Waals surface area contributed by atoms with Gasteiger partial charge in [0.2, 0.25) is 5.95 Å². The standard InChI is InChI=1S/C12H15N5/c1-5-13-12(14-6-1)17-8-3-10(4-9-17)11-2-7-15-16-11/h1-2,5-7,10H,3-4,8-9H2,(H,15,16). The van der Waals surface area contributed by atoms with Crippen molar-refractivity contribution in [3.63, 3.8) is 0 Å². The number of aromatic nitrogens is 4. The van der Waals surface area contributed by atoms with Gasteiger partial charge in [-0.3, -0.25) is 5.10 Å². The summed E-state index contributed by atoms with van der Waals surface area (Å²) in [6.45, 7) is 2.02. The number of hydrogen-bond acceptors (Lipinski definition) is 4. The molecule has 1 saturated heterocycles. The van der Waals surface area contributed by atoms with Crippen LogP contribution in [-0.2, 0) is 0 Å². The predicted octanol–water partition coefficient (Wildman–Crippen LogP) is 1.58. The summed E-state index contributed by atoms with van der Waals surface area (Å²) < 4.78 is 0. The highest BCUT2D eigenvalue weighted by atomic mass is 15.2. The number of nitrogens with zero attached hydrogens (tertiary/aromatic N) is 4. The average Bonchev–Trinajstić information content (AvgIpc) is 2.94. The molecule has 2 aromatic heterocycles. The molecule has 0 saturated carbocycles. The van der Waals surface area contributed by atoms with E-state index >= 15 is 0 Å². The van der Waals surface area contributed by atoms with Crippen LogP contribution in [0, 0.1) is 0 Å². The number of hydrogen-bond donors (Lipinski definition) is 1. The smallest absolute Gasteiger partial charge is 0.225 e. The third-order valence-electron chi connectivity index (χ3n) is 3.29.